The largest absolute Gasteiger partial charge is 0.493 e. The zero-order chi connectivity index (χ0) is 48.6. The van der Waals surface area contributed by atoms with Crippen LogP contribution in [0.25, 0.3) is 10.9 Å². The minimum Gasteiger partial charge on any atom is -0.493 e. The summed E-state index contributed by atoms with van der Waals surface area (Å²) in [7, 11) is -2.43. The first-order chi connectivity index (χ1) is 32.3. The Morgan fingerprint density at radius 3 is 2.53 bits per heavy atom. The Kier molecular flexibility index (Phi) is 14.3. The van der Waals surface area contributed by atoms with Crippen molar-refractivity contribution >= 4 is 44.7 Å². The number of hydrogen-bond donors (Lipinski definition) is 3. The Morgan fingerprint density at radius 1 is 1.06 bits per heavy atom. The van der Waals surface area contributed by atoms with Crippen LogP contribution in [0.15, 0.2) is 30.4 Å². The van der Waals surface area contributed by atoms with Crippen LogP contribution in [0, 0.1) is 17.8 Å². The van der Waals surface area contributed by atoms with E-state index < -0.39 is 85.3 Å². The molecule has 8 rings (SSSR count). The van der Waals surface area contributed by atoms with E-state index in [1.54, 1.807) is 32.2 Å². The normalized spacial score (nSPS) is 28.3. The Labute approximate surface area is 395 Å². The number of pyridine rings is 1. The maximum absolute atomic E-state index is 15.1. The van der Waals surface area contributed by atoms with E-state index in [0.717, 1.165) is 32.5 Å². The topological polar surface area (TPSA) is 195 Å². The predicted molar refractivity (Wildman–Crippen MR) is 244 cm³/mol. The van der Waals surface area contributed by atoms with Crippen molar-refractivity contribution in [3.05, 3.63) is 41.6 Å². The number of amides is 4. The van der Waals surface area contributed by atoms with Crippen LogP contribution in [-0.2, 0) is 46.5 Å². The maximum Gasteiger partial charge on any atom is 0.437 e. The zero-order valence-electron chi connectivity index (χ0n) is 39.4. The molecule has 4 fully saturated rings. The third kappa shape index (κ3) is 10.7. The van der Waals surface area contributed by atoms with Crippen LogP contribution in [0.1, 0.15) is 109 Å². The molecule has 5 atom stereocenters. The molecule has 2 saturated carbocycles. The molecule has 2 saturated heterocycles. The summed E-state index contributed by atoms with van der Waals surface area (Å²) >= 11 is 0. The van der Waals surface area contributed by atoms with Gasteiger partial charge in [-0.2, -0.15) is 13.2 Å². The van der Waals surface area contributed by atoms with Gasteiger partial charge >= 0.3 is 12.3 Å². The summed E-state index contributed by atoms with van der Waals surface area (Å²) < 4.78 is 96.3. The summed E-state index contributed by atoms with van der Waals surface area (Å²) in [5.41, 5.74) is -4.08. The van der Waals surface area contributed by atoms with Crippen molar-refractivity contribution < 1.29 is 59.7 Å². The van der Waals surface area contributed by atoms with Crippen LogP contribution in [0.3, 0.4) is 0 Å². The van der Waals surface area contributed by atoms with Gasteiger partial charge in [0, 0.05) is 36.9 Å². The lowest BCUT2D eigenvalue weighted by atomic mass is 9.87. The van der Waals surface area contributed by atoms with Crippen molar-refractivity contribution in [1.29, 1.82) is 0 Å². The summed E-state index contributed by atoms with van der Waals surface area (Å²) in [6, 6.07) is 2.24. The van der Waals surface area contributed by atoms with E-state index in [-0.39, 0.29) is 62.3 Å². The fourth-order valence-corrected chi connectivity index (χ4v) is 11.3. The number of hydrogen-bond acceptors (Lipinski definition) is 12. The minimum absolute atomic E-state index is 0.000426. The third-order valence-corrected chi connectivity index (χ3v) is 16.8. The standard InChI is InChI=1S/C48H65F3N6O10S/c1-30(2)27-66-44(61)53-37-11-9-7-5-6-8-10-32-25-47(32,43(60)55-68(62,63)45(3)18-19-45)54-41(58)38-26-46(29-57(38)42(37)59)17-14-34-35-24-33(65-28-31-15-20-56(21-16-31)22-23-64-4)12-13-36(35)52-40(39(34)67-46)48(49,50)51/h8,10,12-13,24,30-32,37-38H,5-7,9,11,14-23,25-29H2,1-4H3,(H,53,61)(H,54,58)(H,55,60)/b10-8-/t32-,37+,38+,46-,47-/m1/s1. The number of ether oxygens (including phenoxy) is 4. The highest BCUT2D eigenvalue weighted by Crippen LogP contribution is 2.51. The molecule has 0 unspecified atom stereocenters. The number of carbonyl (C=O) groups is 4. The lowest BCUT2D eigenvalue weighted by molar-refractivity contribution is -0.144. The monoisotopic (exact) mass is 974 g/mol. The highest BCUT2D eigenvalue weighted by atomic mass is 32.2. The van der Waals surface area contributed by atoms with Gasteiger partial charge in [-0.15, -0.1) is 0 Å². The van der Waals surface area contributed by atoms with Crippen molar-refractivity contribution in [3.63, 3.8) is 0 Å². The number of benzene rings is 1. The number of alkyl carbamates (subject to hydrolysis) is 1. The van der Waals surface area contributed by atoms with Crippen molar-refractivity contribution in [2.75, 3.05) is 53.1 Å². The van der Waals surface area contributed by atoms with E-state index in [1.165, 1.54) is 11.0 Å². The second-order valence-electron chi connectivity index (χ2n) is 20.4. The van der Waals surface area contributed by atoms with Gasteiger partial charge in [-0.3, -0.25) is 19.1 Å². The Hall–Kier alpha value is -4.69. The number of allylic oxidation sites excluding steroid dienone is 1. The molecule has 5 heterocycles. The second kappa shape index (κ2) is 19.6. The molecule has 2 aromatic rings. The number of nitrogens with zero attached hydrogens (tertiary/aromatic N) is 3. The number of fused-ring (bicyclic) bond motifs is 5. The molecule has 16 nitrogen and oxygen atoms in total. The van der Waals surface area contributed by atoms with Gasteiger partial charge < -0.3 is 39.4 Å². The Morgan fingerprint density at radius 2 is 1.82 bits per heavy atom. The van der Waals surface area contributed by atoms with E-state index in [4.69, 9.17) is 18.9 Å². The first-order valence-electron chi connectivity index (χ1n) is 24.1. The van der Waals surface area contributed by atoms with Crippen LogP contribution >= 0.6 is 0 Å². The number of piperidine rings is 1. The fraction of sp³-hybridized carbons (Fsp3) is 0.688. The predicted octanol–water partition coefficient (Wildman–Crippen LogP) is 5.80. The number of aryl methyl sites for hydroxylation is 1. The minimum atomic E-state index is -4.95. The molecule has 1 aromatic heterocycles. The number of halogens is 3. The van der Waals surface area contributed by atoms with Crippen LogP contribution in [0.2, 0.25) is 0 Å². The van der Waals surface area contributed by atoms with Gasteiger partial charge in [0.05, 0.1) is 36.6 Å². The molecule has 1 spiro atoms. The van der Waals surface area contributed by atoms with Crippen LogP contribution in [-0.4, -0.2) is 128 Å². The summed E-state index contributed by atoms with van der Waals surface area (Å²) in [6.45, 7) is 8.79. The molecule has 4 aliphatic heterocycles. The molecule has 0 radical (unpaired) electrons. The molecule has 374 valence electrons. The van der Waals surface area contributed by atoms with E-state index in [0.29, 0.717) is 68.8 Å². The van der Waals surface area contributed by atoms with E-state index >= 15 is 13.2 Å². The lowest BCUT2D eigenvalue weighted by Gasteiger charge is -2.37. The van der Waals surface area contributed by atoms with Gasteiger partial charge in [-0.1, -0.05) is 38.8 Å². The molecular weight excluding hydrogens is 910 g/mol. The molecule has 20 heteroatoms. The Bertz CT molecular complexity index is 2390. The highest BCUT2D eigenvalue weighted by molar-refractivity contribution is 7.91. The quantitative estimate of drug-likeness (QED) is 0.217. The zero-order valence-corrected chi connectivity index (χ0v) is 40.2. The fourth-order valence-electron chi connectivity index (χ4n) is 10.0. The van der Waals surface area contributed by atoms with Crippen LogP contribution < -0.4 is 24.8 Å². The van der Waals surface area contributed by atoms with Gasteiger partial charge in [0.1, 0.15) is 29.0 Å². The summed E-state index contributed by atoms with van der Waals surface area (Å²) in [5.74, 6) is -2.67. The maximum atomic E-state index is 15.1. The molecule has 4 amide bonds. The number of likely N-dealkylation sites (tertiary alicyclic amines) is 1. The number of carbonyl (C=O) groups excluding carboxylic acids is 4. The molecule has 0 bridgehead atoms. The van der Waals surface area contributed by atoms with Crippen molar-refractivity contribution in [1.82, 2.24) is 30.1 Å². The summed E-state index contributed by atoms with van der Waals surface area (Å²) in [4.78, 5) is 64.5. The number of alkyl halides is 3. The summed E-state index contributed by atoms with van der Waals surface area (Å²) in [6.07, 6.45) is 3.15. The van der Waals surface area contributed by atoms with Gasteiger partial charge in [-0.05, 0) is 114 Å². The average Bonchev–Trinajstić information content (AvgIpc) is 4.19. The lowest BCUT2D eigenvalue weighted by Crippen LogP contribution is -2.58. The van der Waals surface area contributed by atoms with Crippen molar-refractivity contribution in [3.8, 4) is 11.5 Å². The van der Waals surface area contributed by atoms with E-state index in [2.05, 4.69) is 25.2 Å². The second-order valence-corrected chi connectivity index (χ2v) is 22.6. The van der Waals surface area contributed by atoms with Gasteiger partial charge in [0.25, 0.3) is 5.91 Å². The highest BCUT2D eigenvalue weighted by Gasteiger charge is 2.64. The SMILES string of the molecule is COCCN1CCC(COc2ccc3nc(C(F)(F)F)c4c(c3c2)CC[C@]2(C[C@H]3C(=O)N[C@]5(C(=O)NS(=O)(=O)C6(C)CC6)C[C@H]5/C=C\CCCCC[C@H](NC(=O)OCC(C)C)C(=O)N3C2)O4)CC1. The summed E-state index contributed by atoms with van der Waals surface area (Å²) in [5, 5.41) is 5.94. The number of rotatable bonds is 12. The van der Waals surface area contributed by atoms with Crippen LogP contribution in [0.4, 0.5) is 18.0 Å². The van der Waals surface area contributed by atoms with E-state index in [1.807, 2.05) is 19.9 Å². The number of aromatic nitrogens is 1. The molecule has 3 N–H and O–H groups in total. The van der Waals surface area contributed by atoms with Gasteiger partial charge in [0.15, 0.2) is 11.4 Å². The number of methoxy groups -OCH3 is 1. The van der Waals surface area contributed by atoms with Gasteiger partial charge in [-0.25, -0.2) is 18.2 Å². The number of nitrogens with one attached hydrogen (secondary N) is 3. The molecule has 6 aliphatic rings. The molecule has 68 heavy (non-hydrogen) atoms. The first kappa shape index (κ1) is 49.7. The van der Waals surface area contributed by atoms with Crippen molar-refractivity contribution in [2.24, 2.45) is 17.8 Å². The van der Waals surface area contributed by atoms with Gasteiger partial charge in [0.2, 0.25) is 21.8 Å². The smallest absolute Gasteiger partial charge is 0.437 e. The number of sulfonamides is 1. The average molecular weight is 975 g/mol. The molecular formula is C48H65F3N6O10S. The molecule has 2 aliphatic carbocycles. The Balaban J connectivity index is 1.10. The van der Waals surface area contributed by atoms with Crippen molar-refractivity contribution in [2.45, 2.75) is 138 Å². The third-order valence-electron chi connectivity index (χ3n) is 14.7. The van der Waals surface area contributed by atoms with E-state index in [9.17, 15) is 27.6 Å². The molecule has 1 aromatic carbocycles. The van der Waals surface area contributed by atoms with Crippen LogP contribution in [0.5, 0.6) is 11.5 Å². The first-order valence-corrected chi connectivity index (χ1v) is 25.6.